The molecule has 1 N–H and O–H groups in total. The number of hydrogen-bond donors (Lipinski definition) is 1. The van der Waals surface area contributed by atoms with E-state index >= 15 is 0 Å². The molecule has 1 aromatic carbocycles. The zero-order valence-electron chi connectivity index (χ0n) is 13.9. The number of sulfonamides is 1. The summed E-state index contributed by atoms with van der Waals surface area (Å²) in [5, 5.41) is 0.965. The Hall–Kier alpha value is -1.86. The van der Waals surface area contributed by atoms with Gasteiger partial charge in [0.15, 0.2) is 0 Å². The van der Waals surface area contributed by atoms with Crippen molar-refractivity contribution in [1.29, 1.82) is 0 Å². The second-order valence-corrected chi connectivity index (χ2v) is 7.72. The lowest BCUT2D eigenvalue weighted by molar-refractivity contribution is 0.0827. The topological polar surface area (TPSA) is 71.4 Å². The average molecular weight is 337 g/mol. The molecule has 2 rings (SSSR count). The summed E-state index contributed by atoms with van der Waals surface area (Å²) in [6, 6.07) is 7.34. The first-order valence-electron chi connectivity index (χ1n) is 7.49. The lowest BCUT2D eigenvalue weighted by Gasteiger charge is -2.17. The lowest BCUT2D eigenvalue weighted by atomic mass is 10.1. The van der Waals surface area contributed by atoms with Gasteiger partial charge in [-0.15, -0.1) is 0 Å². The van der Waals surface area contributed by atoms with Crippen LogP contribution in [0.2, 0.25) is 0 Å². The molecular weight excluding hydrogens is 314 g/mol. The fourth-order valence-corrected chi connectivity index (χ4v) is 3.39. The molecule has 0 aliphatic rings. The van der Waals surface area contributed by atoms with E-state index in [-0.39, 0.29) is 11.9 Å². The molecule has 0 spiro atoms. The van der Waals surface area contributed by atoms with Crippen LogP contribution >= 0.6 is 0 Å². The number of rotatable bonds is 6. The molecule has 0 saturated heterocycles. The van der Waals surface area contributed by atoms with Crippen molar-refractivity contribution in [2.75, 3.05) is 20.4 Å². The number of hydrogen-bond acceptors (Lipinski definition) is 3. The quantitative estimate of drug-likeness (QED) is 0.871. The summed E-state index contributed by atoms with van der Waals surface area (Å²) in [4.78, 5) is 13.6. The van der Waals surface area contributed by atoms with Crippen molar-refractivity contribution in [3.63, 3.8) is 0 Å². The van der Waals surface area contributed by atoms with Crippen LogP contribution in [0, 0.1) is 0 Å². The van der Waals surface area contributed by atoms with Crippen LogP contribution in [0.25, 0.3) is 10.9 Å². The van der Waals surface area contributed by atoms with Crippen LogP contribution in [0.4, 0.5) is 0 Å². The van der Waals surface area contributed by atoms with Gasteiger partial charge in [0.2, 0.25) is 10.0 Å². The summed E-state index contributed by atoms with van der Waals surface area (Å²) >= 11 is 0. The van der Waals surface area contributed by atoms with Gasteiger partial charge in [0.25, 0.3) is 5.91 Å². The summed E-state index contributed by atoms with van der Waals surface area (Å²) in [5.74, 6) is -0.0372. The molecule has 0 unspecified atom stereocenters. The fourth-order valence-electron chi connectivity index (χ4n) is 2.54. The number of amides is 1. The van der Waals surface area contributed by atoms with Crippen molar-refractivity contribution in [1.82, 2.24) is 14.2 Å². The maximum Gasteiger partial charge on any atom is 0.253 e. The molecule has 1 atom stereocenters. The molecule has 2 aromatic rings. The van der Waals surface area contributed by atoms with Gasteiger partial charge in [-0.25, -0.2) is 13.1 Å². The largest absolute Gasteiger partial charge is 0.346 e. The van der Waals surface area contributed by atoms with Gasteiger partial charge in [-0.2, -0.15) is 0 Å². The molecule has 0 bridgehead atoms. The van der Waals surface area contributed by atoms with E-state index in [4.69, 9.17) is 0 Å². The minimum atomic E-state index is -3.23. The third-order valence-electron chi connectivity index (χ3n) is 3.71. The van der Waals surface area contributed by atoms with E-state index < -0.39 is 10.0 Å². The van der Waals surface area contributed by atoms with Crippen molar-refractivity contribution in [3.8, 4) is 0 Å². The lowest BCUT2D eigenvalue weighted by Crippen LogP contribution is -2.36. The van der Waals surface area contributed by atoms with Crippen LogP contribution in [0.1, 0.15) is 23.7 Å². The molecule has 0 fully saturated rings. The molecule has 0 radical (unpaired) electrons. The Bertz CT molecular complexity index is 809. The van der Waals surface area contributed by atoms with Crippen molar-refractivity contribution in [3.05, 3.63) is 36.0 Å². The van der Waals surface area contributed by atoms with Gasteiger partial charge >= 0.3 is 0 Å². The van der Waals surface area contributed by atoms with Crippen molar-refractivity contribution in [2.45, 2.75) is 25.9 Å². The van der Waals surface area contributed by atoms with Crippen LogP contribution in [0.3, 0.4) is 0 Å². The van der Waals surface area contributed by atoms with E-state index in [0.29, 0.717) is 18.5 Å². The van der Waals surface area contributed by atoms with Crippen LogP contribution in [0.5, 0.6) is 0 Å². The number of nitrogens with zero attached hydrogens (tertiary/aromatic N) is 2. The standard InChI is InChI=1S/C16H23N3O3S/c1-5-14(17-23(4,21)22)11-19-9-8-12-10-13(6-7-15(12)19)16(20)18(2)3/h6-10,14,17H,5,11H2,1-4H3/t14-/m0/s1. The first-order chi connectivity index (χ1) is 10.7. The Morgan fingerprint density at radius 3 is 2.57 bits per heavy atom. The minimum Gasteiger partial charge on any atom is -0.346 e. The summed E-state index contributed by atoms with van der Waals surface area (Å²) in [7, 11) is 0.212. The highest BCUT2D eigenvalue weighted by Crippen LogP contribution is 2.19. The first-order valence-corrected chi connectivity index (χ1v) is 9.38. The van der Waals surface area contributed by atoms with Crippen LogP contribution < -0.4 is 4.72 Å². The minimum absolute atomic E-state index is 0.0372. The molecule has 0 saturated carbocycles. The number of carbonyl (C=O) groups is 1. The summed E-state index contributed by atoms with van der Waals surface area (Å²) in [6.45, 7) is 2.50. The predicted octanol–water partition coefficient (Wildman–Crippen LogP) is 1.67. The Morgan fingerprint density at radius 1 is 1.30 bits per heavy atom. The normalized spacial score (nSPS) is 13.2. The van der Waals surface area contributed by atoms with Gasteiger partial charge in [0, 0.05) is 49.3 Å². The smallest absolute Gasteiger partial charge is 0.253 e. The van der Waals surface area contributed by atoms with E-state index in [1.54, 1.807) is 25.1 Å². The number of benzene rings is 1. The van der Waals surface area contributed by atoms with Crippen molar-refractivity contribution in [2.24, 2.45) is 0 Å². The predicted molar refractivity (Wildman–Crippen MR) is 92.0 cm³/mol. The molecule has 0 aliphatic carbocycles. The molecule has 1 amide bonds. The molecule has 23 heavy (non-hydrogen) atoms. The van der Waals surface area contributed by atoms with Crippen molar-refractivity contribution >= 4 is 26.8 Å². The van der Waals surface area contributed by atoms with E-state index in [1.807, 2.05) is 35.9 Å². The van der Waals surface area contributed by atoms with E-state index in [1.165, 1.54) is 6.26 Å². The fraction of sp³-hybridized carbons (Fsp3) is 0.438. The summed E-state index contributed by atoms with van der Waals surface area (Å²) in [5.41, 5.74) is 1.62. The highest BCUT2D eigenvalue weighted by atomic mass is 32.2. The SMILES string of the molecule is CC[C@@H](Cn1ccc2cc(C(=O)N(C)C)ccc21)NS(C)(=O)=O. The van der Waals surface area contributed by atoms with Gasteiger partial charge < -0.3 is 9.47 Å². The molecule has 126 valence electrons. The molecular formula is C16H23N3O3S. The Labute approximate surface area is 137 Å². The zero-order valence-corrected chi connectivity index (χ0v) is 14.7. The molecule has 1 aromatic heterocycles. The molecule has 7 heteroatoms. The summed E-state index contributed by atoms with van der Waals surface area (Å²) < 4.78 is 27.5. The van der Waals surface area contributed by atoms with Crippen LogP contribution in [0.15, 0.2) is 30.5 Å². The zero-order chi connectivity index (χ0) is 17.2. The number of aromatic nitrogens is 1. The number of carbonyl (C=O) groups excluding carboxylic acids is 1. The monoisotopic (exact) mass is 337 g/mol. The maximum absolute atomic E-state index is 12.0. The third kappa shape index (κ3) is 4.33. The second kappa shape index (κ2) is 6.72. The molecule has 0 aliphatic heterocycles. The molecule has 1 heterocycles. The Kier molecular flexibility index (Phi) is 5.11. The summed E-state index contributed by atoms with van der Waals surface area (Å²) in [6.07, 6.45) is 3.79. The van der Waals surface area contributed by atoms with E-state index in [0.717, 1.165) is 10.9 Å². The maximum atomic E-state index is 12.0. The third-order valence-corrected chi connectivity index (χ3v) is 4.48. The van der Waals surface area contributed by atoms with Crippen molar-refractivity contribution < 1.29 is 13.2 Å². The van der Waals surface area contributed by atoms with Gasteiger partial charge in [-0.05, 0) is 30.7 Å². The average Bonchev–Trinajstić information content (AvgIpc) is 2.86. The van der Waals surface area contributed by atoms with Crippen LogP contribution in [-0.2, 0) is 16.6 Å². The van der Waals surface area contributed by atoms with Gasteiger partial charge in [0.05, 0.1) is 6.26 Å². The Balaban J connectivity index is 2.28. The van der Waals surface area contributed by atoms with Crippen LogP contribution in [-0.4, -0.2) is 50.2 Å². The van der Waals surface area contributed by atoms with Gasteiger partial charge in [-0.3, -0.25) is 4.79 Å². The number of nitrogens with one attached hydrogen (secondary N) is 1. The first kappa shape index (κ1) is 17.5. The Morgan fingerprint density at radius 2 is 2.00 bits per heavy atom. The molecule has 6 nitrogen and oxygen atoms in total. The van der Waals surface area contributed by atoms with Gasteiger partial charge in [-0.1, -0.05) is 6.92 Å². The number of fused-ring (bicyclic) bond motifs is 1. The van der Waals surface area contributed by atoms with Gasteiger partial charge in [0.1, 0.15) is 0 Å². The second-order valence-electron chi connectivity index (χ2n) is 5.94. The highest BCUT2D eigenvalue weighted by molar-refractivity contribution is 7.88. The van der Waals surface area contributed by atoms with E-state index in [9.17, 15) is 13.2 Å². The highest BCUT2D eigenvalue weighted by Gasteiger charge is 2.15. The van der Waals surface area contributed by atoms with E-state index in [2.05, 4.69) is 4.72 Å².